The van der Waals surface area contributed by atoms with Crippen molar-refractivity contribution >= 4 is 11.5 Å². The molecule has 23 heavy (non-hydrogen) atoms. The number of nitrogen functional groups attached to an aromatic ring is 1. The van der Waals surface area contributed by atoms with Crippen LogP contribution in [0.5, 0.6) is 0 Å². The minimum atomic E-state index is 0.466. The van der Waals surface area contributed by atoms with Crippen molar-refractivity contribution in [3.8, 4) is 0 Å². The third-order valence-electron chi connectivity index (χ3n) is 5.06. The highest BCUT2D eigenvalue weighted by atomic mass is 16.5. The van der Waals surface area contributed by atoms with E-state index in [-0.39, 0.29) is 0 Å². The Morgan fingerprint density at radius 1 is 1.35 bits per heavy atom. The summed E-state index contributed by atoms with van der Waals surface area (Å²) in [5, 5.41) is 4.39. The van der Waals surface area contributed by atoms with Gasteiger partial charge in [-0.15, -0.1) is 0 Å². The van der Waals surface area contributed by atoms with E-state index in [9.17, 15) is 0 Å². The lowest BCUT2D eigenvalue weighted by molar-refractivity contribution is 0.149. The number of likely N-dealkylation sites (tertiary alicyclic amines) is 1. The van der Waals surface area contributed by atoms with Gasteiger partial charge in [0.25, 0.3) is 0 Å². The molecule has 0 spiro atoms. The highest BCUT2D eigenvalue weighted by Gasteiger charge is 2.26. The van der Waals surface area contributed by atoms with Crippen LogP contribution in [0.15, 0.2) is 12.1 Å². The smallest absolute Gasteiger partial charge is 0.157 e. The van der Waals surface area contributed by atoms with Gasteiger partial charge in [-0.3, -0.25) is 0 Å². The maximum Gasteiger partial charge on any atom is 0.157 e. The van der Waals surface area contributed by atoms with Gasteiger partial charge in [0.2, 0.25) is 0 Å². The molecule has 6 nitrogen and oxygen atoms in total. The molecule has 0 aromatic carbocycles. The number of rotatable bonds is 3. The summed E-state index contributed by atoms with van der Waals surface area (Å²) in [5.41, 5.74) is 9.10. The van der Waals surface area contributed by atoms with Crippen LogP contribution in [0.2, 0.25) is 0 Å². The third-order valence-corrected chi connectivity index (χ3v) is 5.06. The van der Waals surface area contributed by atoms with Crippen LogP contribution in [0, 0.1) is 12.8 Å². The summed E-state index contributed by atoms with van der Waals surface area (Å²) in [6, 6.07) is 4.00. The fourth-order valence-corrected chi connectivity index (χ4v) is 3.90. The molecule has 0 bridgehead atoms. The van der Waals surface area contributed by atoms with Gasteiger partial charge in [-0.1, -0.05) is 0 Å². The van der Waals surface area contributed by atoms with Crippen LogP contribution in [0.1, 0.15) is 36.6 Å². The first kappa shape index (κ1) is 14.9. The van der Waals surface area contributed by atoms with Crippen LogP contribution in [-0.4, -0.2) is 52.3 Å². The topological polar surface area (TPSA) is 68.7 Å². The summed E-state index contributed by atoms with van der Waals surface area (Å²) < 4.78 is 7.24. The molecule has 124 valence electrons. The third kappa shape index (κ3) is 3.05. The minimum Gasteiger partial charge on any atom is -0.384 e. The van der Waals surface area contributed by atoms with Crippen LogP contribution >= 0.6 is 0 Å². The van der Waals surface area contributed by atoms with Crippen LogP contribution in [0.4, 0.5) is 5.82 Å². The number of ether oxygens (including phenoxy) is 1. The summed E-state index contributed by atoms with van der Waals surface area (Å²) in [6.45, 7) is 7.24. The fraction of sp³-hybridized carbons (Fsp3) is 0.647. The minimum absolute atomic E-state index is 0.466. The predicted molar refractivity (Wildman–Crippen MR) is 89.5 cm³/mol. The normalized spacial score (nSPS) is 26.1. The Morgan fingerprint density at radius 2 is 2.26 bits per heavy atom. The van der Waals surface area contributed by atoms with Gasteiger partial charge >= 0.3 is 0 Å². The first-order valence-electron chi connectivity index (χ1n) is 8.62. The molecule has 2 fully saturated rings. The van der Waals surface area contributed by atoms with Gasteiger partial charge in [-0.25, -0.2) is 4.98 Å². The maximum atomic E-state index is 6.17. The number of anilines is 1. The van der Waals surface area contributed by atoms with Gasteiger partial charge in [0.1, 0.15) is 5.82 Å². The first-order valence-corrected chi connectivity index (χ1v) is 8.62. The monoisotopic (exact) mass is 315 g/mol. The number of aromatic nitrogens is 3. The number of nitrogens with zero attached hydrogens (tertiary/aromatic N) is 4. The van der Waals surface area contributed by atoms with Crippen LogP contribution in [-0.2, 0) is 4.74 Å². The van der Waals surface area contributed by atoms with Crippen molar-refractivity contribution in [2.45, 2.75) is 32.1 Å². The zero-order valence-electron chi connectivity index (χ0n) is 13.7. The summed E-state index contributed by atoms with van der Waals surface area (Å²) in [5.74, 6) is 1.85. The Kier molecular flexibility index (Phi) is 3.95. The highest BCUT2D eigenvalue weighted by Crippen LogP contribution is 2.28. The maximum absolute atomic E-state index is 6.17. The number of aryl methyl sites for hydroxylation is 1. The van der Waals surface area contributed by atoms with Crippen molar-refractivity contribution in [3.05, 3.63) is 23.5 Å². The van der Waals surface area contributed by atoms with E-state index in [0.717, 1.165) is 43.3 Å². The molecule has 2 aromatic heterocycles. The van der Waals surface area contributed by atoms with E-state index < -0.39 is 0 Å². The van der Waals surface area contributed by atoms with E-state index in [4.69, 9.17) is 15.5 Å². The Hall–Kier alpha value is -1.66. The van der Waals surface area contributed by atoms with Crippen LogP contribution in [0.25, 0.3) is 5.65 Å². The Bertz CT molecular complexity index is 692. The molecule has 6 heteroatoms. The largest absolute Gasteiger partial charge is 0.384 e. The average molecular weight is 315 g/mol. The molecule has 4 heterocycles. The Labute approximate surface area is 136 Å². The zero-order chi connectivity index (χ0) is 15.8. The summed E-state index contributed by atoms with van der Waals surface area (Å²) >= 11 is 0. The van der Waals surface area contributed by atoms with Gasteiger partial charge < -0.3 is 15.4 Å². The second-order valence-corrected chi connectivity index (χ2v) is 6.99. The molecule has 2 aromatic rings. The summed E-state index contributed by atoms with van der Waals surface area (Å²) in [4.78, 5) is 7.40. The molecule has 2 N–H and O–H groups in total. The van der Waals surface area contributed by atoms with Gasteiger partial charge in [0.05, 0.1) is 18.0 Å². The van der Waals surface area contributed by atoms with Crippen molar-refractivity contribution in [3.63, 3.8) is 0 Å². The number of fused-ring (bicyclic) bond motifs is 1. The van der Waals surface area contributed by atoms with E-state index in [1.807, 2.05) is 19.1 Å². The van der Waals surface area contributed by atoms with E-state index in [1.54, 1.807) is 4.52 Å². The number of nitrogens with two attached hydrogens (primary N) is 1. The van der Waals surface area contributed by atoms with E-state index >= 15 is 0 Å². The lowest BCUT2D eigenvalue weighted by atomic mass is 9.93. The predicted octanol–water partition coefficient (Wildman–Crippen LogP) is 1.84. The quantitative estimate of drug-likeness (QED) is 0.936. The van der Waals surface area contributed by atoms with Gasteiger partial charge in [-0.05, 0) is 38.6 Å². The zero-order valence-corrected chi connectivity index (χ0v) is 13.7. The second-order valence-electron chi connectivity index (χ2n) is 6.99. The molecular formula is C17H25N5O. The highest BCUT2D eigenvalue weighted by molar-refractivity contribution is 5.48. The molecule has 2 unspecified atom stereocenters. The lowest BCUT2D eigenvalue weighted by Gasteiger charge is -2.33. The molecule has 2 atom stereocenters. The first-order chi connectivity index (χ1) is 11.2. The van der Waals surface area contributed by atoms with Crippen molar-refractivity contribution in [2.24, 2.45) is 5.92 Å². The summed E-state index contributed by atoms with van der Waals surface area (Å²) in [7, 11) is 0. The molecular weight excluding hydrogens is 290 g/mol. The van der Waals surface area contributed by atoms with Gasteiger partial charge in [0, 0.05) is 37.7 Å². The van der Waals surface area contributed by atoms with E-state index in [2.05, 4.69) is 10.00 Å². The molecule has 2 saturated heterocycles. The number of hydrogen-bond acceptors (Lipinski definition) is 5. The van der Waals surface area contributed by atoms with Crippen molar-refractivity contribution in [2.75, 3.05) is 38.6 Å². The standard InChI is InChI=1S/C17H25N5O/c1-12-7-17-19-15(8-16(18)22(17)20-12)14-3-2-5-21(10-14)9-13-4-6-23-11-13/h7-8,13-14H,2-6,9-11,18H2,1H3. The average Bonchev–Trinajstić information content (AvgIpc) is 3.16. The molecule has 4 rings (SSSR count). The van der Waals surface area contributed by atoms with Crippen molar-refractivity contribution < 1.29 is 4.74 Å². The molecule has 2 aliphatic rings. The van der Waals surface area contributed by atoms with E-state index in [1.165, 1.54) is 25.8 Å². The van der Waals surface area contributed by atoms with Gasteiger partial charge in [0.15, 0.2) is 5.65 Å². The van der Waals surface area contributed by atoms with E-state index in [0.29, 0.717) is 17.7 Å². The SMILES string of the molecule is Cc1cc2nc(C3CCCN(CC4CCOC4)C3)cc(N)n2n1. The molecule has 0 saturated carbocycles. The molecule has 0 amide bonds. The van der Waals surface area contributed by atoms with Gasteiger partial charge in [-0.2, -0.15) is 9.61 Å². The number of hydrogen-bond donors (Lipinski definition) is 1. The Balaban J connectivity index is 1.52. The fourth-order valence-electron chi connectivity index (χ4n) is 3.90. The van der Waals surface area contributed by atoms with Crippen LogP contribution < -0.4 is 5.73 Å². The Morgan fingerprint density at radius 3 is 3.09 bits per heavy atom. The summed E-state index contributed by atoms with van der Waals surface area (Å²) in [6.07, 6.45) is 3.62. The lowest BCUT2D eigenvalue weighted by Crippen LogP contribution is -2.38. The van der Waals surface area contributed by atoms with Crippen LogP contribution in [0.3, 0.4) is 0 Å². The van der Waals surface area contributed by atoms with Crippen molar-refractivity contribution in [1.29, 1.82) is 0 Å². The molecule has 0 radical (unpaired) electrons. The van der Waals surface area contributed by atoms with Crippen molar-refractivity contribution in [1.82, 2.24) is 19.5 Å². The second kappa shape index (κ2) is 6.09. The molecule has 0 aliphatic carbocycles. The molecule has 2 aliphatic heterocycles. The number of piperidine rings is 1.